The molecule has 30 heavy (non-hydrogen) atoms. The van der Waals surface area contributed by atoms with Gasteiger partial charge in [0.2, 0.25) is 0 Å². The summed E-state index contributed by atoms with van der Waals surface area (Å²) in [6.45, 7) is 1.62. The third-order valence-electron chi connectivity index (χ3n) is 4.40. The van der Waals surface area contributed by atoms with E-state index in [0.29, 0.717) is 5.56 Å². The second-order valence-electron chi connectivity index (χ2n) is 6.46. The Morgan fingerprint density at radius 3 is 2.20 bits per heavy atom. The molecule has 6 heteroatoms. The predicted octanol–water partition coefficient (Wildman–Crippen LogP) is 5.60. The maximum absolute atomic E-state index is 10.6. The van der Waals surface area contributed by atoms with E-state index in [1.807, 2.05) is 24.3 Å². The number of isothiocyanates is 1. The quantitative estimate of drug-likeness (QED) is 0.401. The summed E-state index contributed by atoms with van der Waals surface area (Å²) in [6, 6.07) is 22.5. The highest BCUT2D eigenvalue weighted by molar-refractivity contribution is 7.78. The number of nitrogens with zero attached hydrogens (tertiary/aromatic N) is 1. The Morgan fingerprint density at radius 1 is 0.900 bits per heavy atom. The van der Waals surface area contributed by atoms with Crippen molar-refractivity contribution in [3.8, 4) is 0 Å². The molecule has 5 nitrogen and oxygen atoms in total. The van der Waals surface area contributed by atoms with E-state index in [9.17, 15) is 9.59 Å². The van der Waals surface area contributed by atoms with E-state index in [1.54, 1.807) is 6.92 Å². The van der Waals surface area contributed by atoms with Crippen LogP contribution < -0.4 is 0 Å². The van der Waals surface area contributed by atoms with Crippen molar-refractivity contribution in [2.45, 2.75) is 19.8 Å². The lowest BCUT2D eigenvalue weighted by molar-refractivity contribution is 0.0695. The zero-order chi connectivity index (χ0) is 21.9. The van der Waals surface area contributed by atoms with Crippen LogP contribution in [0.25, 0.3) is 0 Å². The van der Waals surface area contributed by atoms with Crippen LogP contribution in [0.1, 0.15) is 37.4 Å². The fourth-order valence-electron chi connectivity index (χ4n) is 2.79. The Bertz CT molecular complexity index is 1070. The molecule has 0 heterocycles. The third kappa shape index (κ3) is 6.78. The number of aliphatic imine (C=N–C) groups is 1. The number of carboxylic acids is 2. The molecule has 0 saturated carbocycles. The lowest BCUT2D eigenvalue weighted by Gasteiger charge is -2.04. The van der Waals surface area contributed by atoms with E-state index in [2.05, 4.69) is 52.7 Å². The molecule has 0 saturated heterocycles. The number of carbonyl (C=O) groups is 2. The molecule has 3 aromatic carbocycles. The van der Waals surface area contributed by atoms with Gasteiger partial charge in [-0.25, -0.2) is 9.59 Å². The Kier molecular flexibility index (Phi) is 8.63. The average Bonchev–Trinajstić information content (AvgIpc) is 2.74. The van der Waals surface area contributed by atoms with Crippen LogP contribution in [0, 0.1) is 6.92 Å². The van der Waals surface area contributed by atoms with Crippen molar-refractivity contribution in [2.75, 3.05) is 0 Å². The summed E-state index contributed by atoms with van der Waals surface area (Å²) in [4.78, 5) is 25.2. The van der Waals surface area contributed by atoms with Crippen LogP contribution in [-0.4, -0.2) is 27.3 Å². The zero-order valence-corrected chi connectivity index (χ0v) is 17.2. The number of aryl methyl sites for hydroxylation is 3. The summed E-state index contributed by atoms with van der Waals surface area (Å²) >= 11 is 4.65. The topological polar surface area (TPSA) is 87.0 Å². The molecule has 0 spiro atoms. The Morgan fingerprint density at radius 2 is 1.57 bits per heavy atom. The molecule has 0 fully saturated rings. The molecule has 0 aliphatic rings. The van der Waals surface area contributed by atoms with Gasteiger partial charge in [-0.1, -0.05) is 54.6 Å². The summed E-state index contributed by atoms with van der Waals surface area (Å²) in [7, 11) is 0. The second kappa shape index (κ2) is 11.4. The highest BCUT2D eigenvalue weighted by Crippen LogP contribution is 2.20. The first-order valence-corrected chi connectivity index (χ1v) is 9.60. The minimum Gasteiger partial charge on any atom is -0.478 e. The molecular formula is C24H21NO4S. The summed E-state index contributed by atoms with van der Waals surface area (Å²) in [5.74, 6) is -2.23. The maximum Gasteiger partial charge on any atom is 0.335 e. The summed E-state index contributed by atoms with van der Waals surface area (Å²) in [5, 5.41) is 19.7. The monoisotopic (exact) mass is 419 g/mol. The molecular weight excluding hydrogens is 398 g/mol. The minimum atomic E-state index is -1.12. The number of hydrogen-bond donors (Lipinski definition) is 2. The molecule has 0 unspecified atom stereocenters. The van der Waals surface area contributed by atoms with E-state index in [4.69, 9.17) is 10.2 Å². The van der Waals surface area contributed by atoms with Crippen LogP contribution in [0.3, 0.4) is 0 Å². The molecule has 0 amide bonds. The van der Waals surface area contributed by atoms with Crippen LogP contribution in [0.15, 0.2) is 77.8 Å². The lowest BCUT2D eigenvalue weighted by Crippen LogP contribution is -2.03. The maximum atomic E-state index is 10.6. The largest absolute Gasteiger partial charge is 0.478 e. The summed E-state index contributed by atoms with van der Waals surface area (Å²) in [5.41, 5.74) is 4.06. The van der Waals surface area contributed by atoms with Crippen LogP contribution in [0.2, 0.25) is 0 Å². The number of para-hydroxylation sites is 1. The summed E-state index contributed by atoms with van der Waals surface area (Å²) < 4.78 is 0. The van der Waals surface area contributed by atoms with Crippen molar-refractivity contribution >= 4 is 35.0 Å². The normalized spacial score (nSPS) is 9.63. The first-order valence-electron chi connectivity index (χ1n) is 9.19. The minimum absolute atomic E-state index is 0.0111. The zero-order valence-electron chi connectivity index (χ0n) is 16.4. The molecule has 0 aromatic heterocycles. The van der Waals surface area contributed by atoms with Crippen LogP contribution in [0.4, 0.5) is 5.69 Å². The van der Waals surface area contributed by atoms with E-state index < -0.39 is 11.9 Å². The SMILES string of the molecule is Cc1ccc(C(=O)O)cc1C(=O)O.S=C=Nc1ccccc1CCc1ccccc1. The number of aromatic carboxylic acids is 2. The molecule has 0 aliphatic carbocycles. The van der Waals surface area contributed by atoms with Crippen molar-refractivity contribution in [1.82, 2.24) is 0 Å². The van der Waals surface area contributed by atoms with Gasteiger partial charge in [0.25, 0.3) is 0 Å². The molecule has 0 bridgehead atoms. The molecule has 3 rings (SSSR count). The lowest BCUT2D eigenvalue weighted by atomic mass is 10.0. The fourth-order valence-corrected chi connectivity index (χ4v) is 2.89. The standard InChI is InChI=1S/C15H13NS.C9H8O4/c17-12-16-15-9-5-4-8-14(15)11-10-13-6-2-1-3-7-13;1-5-2-3-6(8(10)11)4-7(5)9(12)13/h1-9H,10-11H2;2-4H,1H3,(H,10,11)(H,12,13). The molecule has 0 aliphatic heterocycles. The van der Waals surface area contributed by atoms with Crippen molar-refractivity contribution in [3.63, 3.8) is 0 Å². The number of carboxylic acid groups (broad SMARTS) is 2. The van der Waals surface area contributed by atoms with Gasteiger partial charge < -0.3 is 10.2 Å². The first-order chi connectivity index (χ1) is 14.4. The van der Waals surface area contributed by atoms with Gasteiger partial charge in [-0.05, 0) is 66.9 Å². The van der Waals surface area contributed by atoms with E-state index >= 15 is 0 Å². The Balaban J connectivity index is 0.000000222. The second-order valence-corrected chi connectivity index (χ2v) is 6.64. The van der Waals surface area contributed by atoms with Gasteiger partial charge in [-0.2, -0.15) is 4.99 Å². The van der Waals surface area contributed by atoms with Crippen LogP contribution in [0.5, 0.6) is 0 Å². The predicted molar refractivity (Wildman–Crippen MR) is 120 cm³/mol. The number of hydrogen-bond acceptors (Lipinski definition) is 4. The van der Waals surface area contributed by atoms with Gasteiger partial charge in [-0.3, -0.25) is 0 Å². The van der Waals surface area contributed by atoms with Crippen LogP contribution >= 0.6 is 12.2 Å². The summed E-state index contributed by atoms with van der Waals surface area (Å²) in [6.07, 6.45) is 1.99. The van der Waals surface area contributed by atoms with Gasteiger partial charge in [0.1, 0.15) is 0 Å². The Labute approximate surface area is 180 Å². The van der Waals surface area contributed by atoms with E-state index in [-0.39, 0.29) is 11.1 Å². The molecule has 3 aromatic rings. The molecule has 0 radical (unpaired) electrons. The highest BCUT2D eigenvalue weighted by Gasteiger charge is 2.10. The molecule has 152 valence electrons. The number of thiocarbonyl (C=S) groups is 1. The third-order valence-corrected chi connectivity index (χ3v) is 4.49. The smallest absolute Gasteiger partial charge is 0.335 e. The number of benzene rings is 3. The van der Waals surface area contributed by atoms with E-state index in [1.165, 1.54) is 23.3 Å². The van der Waals surface area contributed by atoms with Gasteiger partial charge >= 0.3 is 11.9 Å². The molecule has 0 atom stereocenters. The van der Waals surface area contributed by atoms with Gasteiger partial charge in [-0.15, -0.1) is 0 Å². The average molecular weight is 420 g/mol. The number of rotatable bonds is 6. The fraction of sp³-hybridized carbons (Fsp3) is 0.125. The van der Waals surface area contributed by atoms with Crippen molar-refractivity contribution in [1.29, 1.82) is 0 Å². The van der Waals surface area contributed by atoms with Crippen LogP contribution in [-0.2, 0) is 12.8 Å². The Hall–Kier alpha value is -3.60. The van der Waals surface area contributed by atoms with Crippen molar-refractivity contribution < 1.29 is 19.8 Å². The van der Waals surface area contributed by atoms with Gasteiger partial charge in [0.15, 0.2) is 0 Å². The van der Waals surface area contributed by atoms with E-state index in [0.717, 1.165) is 24.6 Å². The van der Waals surface area contributed by atoms with Crippen molar-refractivity contribution in [2.24, 2.45) is 4.99 Å². The molecule has 2 N–H and O–H groups in total. The van der Waals surface area contributed by atoms with Crippen molar-refractivity contribution in [3.05, 3.63) is 101 Å². The van der Waals surface area contributed by atoms with Gasteiger partial charge in [0, 0.05) is 0 Å². The van der Waals surface area contributed by atoms with Gasteiger partial charge in [0.05, 0.1) is 22.0 Å². The highest BCUT2D eigenvalue weighted by atomic mass is 32.1. The first kappa shape index (κ1) is 22.7.